The van der Waals surface area contributed by atoms with Gasteiger partial charge in [-0.05, 0) is 30.3 Å². The normalized spacial score (nSPS) is 15.9. The summed E-state index contributed by atoms with van der Waals surface area (Å²) in [6.07, 6.45) is 0. The van der Waals surface area contributed by atoms with Crippen LogP contribution in [-0.2, 0) is 15.8 Å². The molecule has 0 amide bonds. The lowest BCUT2D eigenvalue weighted by molar-refractivity contribution is 0.262. The molecule has 1 aliphatic heterocycles. The number of rotatable bonds is 7. The molecule has 0 aromatic heterocycles. The number of piperazine rings is 1. The van der Waals surface area contributed by atoms with Crippen molar-refractivity contribution in [3.05, 3.63) is 64.9 Å². The van der Waals surface area contributed by atoms with Gasteiger partial charge < -0.3 is 4.90 Å². The Balaban J connectivity index is 1.42. The monoisotopic (exact) mass is 411 g/mol. The minimum absolute atomic E-state index is 0.182. The van der Waals surface area contributed by atoms with E-state index in [4.69, 9.17) is 11.6 Å². The first-order chi connectivity index (χ1) is 12.9. The van der Waals surface area contributed by atoms with Crippen molar-refractivity contribution in [3.63, 3.8) is 0 Å². The van der Waals surface area contributed by atoms with Crippen molar-refractivity contribution >= 4 is 27.3 Å². The molecule has 5 nitrogen and oxygen atoms in total. The van der Waals surface area contributed by atoms with Crippen molar-refractivity contribution in [3.8, 4) is 0 Å². The number of anilines is 1. The number of hydrogen-bond acceptors (Lipinski definition) is 4. The van der Waals surface area contributed by atoms with Crippen molar-refractivity contribution in [2.75, 3.05) is 44.2 Å². The summed E-state index contributed by atoms with van der Waals surface area (Å²) in [5.41, 5.74) is 1.33. The molecule has 0 saturated carbocycles. The van der Waals surface area contributed by atoms with E-state index in [1.807, 2.05) is 24.3 Å². The summed E-state index contributed by atoms with van der Waals surface area (Å²) < 4.78 is 40.5. The van der Waals surface area contributed by atoms with E-state index in [9.17, 15) is 12.8 Å². The van der Waals surface area contributed by atoms with Gasteiger partial charge in [-0.15, -0.1) is 0 Å². The summed E-state index contributed by atoms with van der Waals surface area (Å²) in [7, 11) is -3.56. The largest absolute Gasteiger partial charge is 0.369 e. The van der Waals surface area contributed by atoms with E-state index in [1.54, 1.807) is 12.1 Å². The maximum absolute atomic E-state index is 13.6. The van der Waals surface area contributed by atoms with Crippen molar-refractivity contribution in [2.24, 2.45) is 0 Å². The van der Waals surface area contributed by atoms with Gasteiger partial charge in [-0.3, -0.25) is 4.90 Å². The van der Waals surface area contributed by atoms with Gasteiger partial charge in [0, 0.05) is 55.5 Å². The second-order valence-corrected chi connectivity index (χ2v) is 8.79. The molecular weight excluding hydrogens is 389 g/mol. The van der Waals surface area contributed by atoms with Crippen LogP contribution in [0.3, 0.4) is 0 Å². The van der Waals surface area contributed by atoms with Crippen molar-refractivity contribution in [2.45, 2.75) is 5.75 Å². The second-order valence-electron chi connectivity index (χ2n) is 6.55. The summed E-state index contributed by atoms with van der Waals surface area (Å²) in [5, 5.41) is 0.722. The van der Waals surface area contributed by atoms with Crippen LogP contribution in [0.4, 0.5) is 10.1 Å². The lowest BCUT2D eigenvalue weighted by atomic mass is 10.2. The molecule has 27 heavy (non-hydrogen) atoms. The fraction of sp³-hybridized carbons (Fsp3) is 0.368. The van der Waals surface area contributed by atoms with E-state index in [1.165, 1.54) is 12.1 Å². The zero-order valence-electron chi connectivity index (χ0n) is 14.9. The standard InChI is InChI=1S/C19H23ClFN3O2S/c20-17-5-7-18(8-6-17)24-13-11-23(12-14-24)10-9-22-27(25,26)15-16-3-1-2-4-19(16)21/h1-8,22H,9-15H2. The first-order valence-electron chi connectivity index (χ1n) is 8.86. The smallest absolute Gasteiger partial charge is 0.215 e. The maximum atomic E-state index is 13.6. The average Bonchev–Trinajstić information content (AvgIpc) is 2.65. The first kappa shape index (κ1) is 20.1. The summed E-state index contributed by atoms with van der Waals surface area (Å²) in [6.45, 7) is 4.42. The molecule has 146 valence electrons. The summed E-state index contributed by atoms with van der Waals surface area (Å²) >= 11 is 5.92. The molecule has 1 aliphatic rings. The zero-order valence-corrected chi connectivity index (χ0v) is 16.5. The Morgan fingerprint density at radius 1 is 1.00 bits per heavy atom. The van der Waals surface area contributed by atoms with Crippen LogP contribution in [0.1, 0.15) is 5.56 Å². The molecule has 2 aromatic carbocycles. The fourth-order valence-corrected chi connectivity index (χ4v) is 4.39. The van der Waals surface area contributed by atoms with Crippen LogP contribution in [0.15, 0.2) is 48.5 Å². The van der Waals surface area contributed by atoms with Crippen LogP contribution in [0.5, 0.6) is 0 Å². The molecule has 2 aromatic rings. The number of benzene rings is 2. The Morgan fingerprint density at radius 2 is 1.67 bits per heavy atom. The van der Waals surface area contributed by atoms with Crippen LogP contribution >= 0.6 is 11.6 Å². The van der Waals surface area contributed by atoms with Gasteiger partial charge in [0.1, 0.15) is 5.82 Å². The molecular formula is C19H23ClFN3O2S. The lowest BCUT2D eigenvalue weighted by Gasteiger charge is -2.36. The number of nitrogens with one attached hydrogen (secondary N) is 1. The summed E-state index contributed by atoms with van der Waals surface area (Å²) in [5.74, 6) is -0.842. The van der Waals surface area contributed by atoms with Gasteiger partial charge in [-0.25, -0.2) is 17.5 Å². The van der Waals surface area contributed by atoms with Crippen molar-refractivity contribution in [1.82, 2.24) is 9.62 Å². The molecule has 0 aliphatic carbocycles. The third-order valence-electron chi connectivity index (χ3n) is 4.62. The predicted molar refractivity (Wildman–Crippen MR) is 107 cm³/mol. The summed E-state index contributed by atoms with van der Waals surface area (Å²) in [6, 6.07) is 13.7. The Bertz CT molecular complexity index is 854. The molecule has 1 saturated heterocycles. The van der Waals surface area contributed by atoms with Crippen LogP contribution in [0, 0.1) is 5.82 Å². The van der Waals surface area contributed by atoms with E-state index in [0.29, 0.717) is 13.1 Å². The molecule has 8 heteroatoms. The number of sulfonamides is 1. The Kier molecular flexibility index (Phi) is 6.70. The molecule has 1 heterocycles. The minimum atomic E-state index is -3.56. The third kappa shape index (κ3) is 5.90. The third-order valence-corrected chi connectivity index (χ3v) is 6.20. The molecule has 0 atom stereocenters. The maximum Gasteiger partial charge on any atom is 0.215 e. The zero-order chi connectivity index (χ0) is 19.3. The predicted octanol–water partition coefficient (Wildman–Crippen LogP) is 2.72. The fourth-order valence-electron chi connectivity index (χ4n) is 3.11. The van der Waals surface area contributed by atoms with Crippen LogP contribution < -0.4 is 9.62 Å². The first-order valence-corrected chi connectivity index (χ1v) is 10.9. The SMILES string of the molecule is O=S(=O)(Cc1ccccc1F)NCCN1CCN(c2ccc(Cl)cc2)CC1. The molecule has 3 rings (SSSR count). The Hall–Kier alpha value is -1.67. The van der Waals surface area contributed by atoms with E-state index < -0.39 is 15.8 Å². The topological polar surface area (TPSA) is 52.7 Å². The van der Waals surface area contributed by atoms with E-state index in [2.05, 4.69) is 14.5 Å². The van der Waals surface area contributed by atoms with Crippen LogP contribution in [0.25, 0.3) is 0 Å². The van der Waals surface area contributed by atoms with Crippen LogP contribution in [-0.4, -0.2) is 52.6 Å². The molecule has 1 fully saturated rings. The van der Waals surface area contributed by atoms with Gasteiger partial charge >= 0.3 is 0 Å². The Labute approximate surface area is 164 Å². The van der Waals surface area contributed by atoms with E-state index >= 15 is 0 Å². The highest BCUT2D eigenvalue weighted by molar-refractivity contribution is 7.88. The number of nitrogens with zero attached hydrogens (tertiary/aromatic N) is 2. The van der Waals surface area contributed by atoms with Gasteiger partial charge in [0.05, 0.1) is 5.75 Å². The minimum Gasteiger partial charge on any atom is -0.369 e. The highest BCUT2D eigenvalue weighted by Gasteiger charge is 2.18. The lowest BCUT2D eigenvalue weighted by Crippen LogP contribution is -2.48. The molecule has 0 unspecified atom stereocenters. The van der Waals surface area contributed by atoms with Gasteiger partial charge in [-0.1, -0.05) is 29.8 Å². The van der Waals surface area contributed by atoms with Gasteiger partial charge in [0.2, 0.25) is 10.0 Å². The highest BCUT2D eigenvalue weighted by atomic mass is 35.5. The average molecular weight is 412 g/mol. The molecule has 1 N–H and O–H groups in total. The summed E-state index contributed by atoms with van der Waals surface area (Å²) in [4.78, 5) is 4.51. The van der Waals surface area contributed by atoms with Crippen molar-refractivity contribution in [1.29, 1.82) is 0 Å². The number of halogens is 2. The van der Waals surface area contributed by atoms with Crippen molar-refractivity contribution < 1.29 is 12.8 Å². The van der Waals surface area contributed by atoms with Gasteiger partial charge in [0.25, 0.3) is 0 Å². The molecule has 0 spiro atoms. The van der Waals surface area contributed by atoms with Gasteiger partial charge in [0.15, 0.2) is 0 Å². The van der Waals surface area contributed by atoms with E-state index in [-0.39, 0.29) is 11.3 Å². The quantitative estimate of drug-likeness (QED) is 0.761. The molecule has 0 radical (unpaired) electrons. The van der Waals surface area contributed by atoms with Crippen LogP contribution in [0.2, 0.25) is 5.02 Å². The number of hydrogen-bond donors (Lipinski definition) is 1. The van der Waals surface area contributed by atoms with Gasteiger partial charge in [-0.2, -0.15) is 0 Å². The Morgan fingerprint density at radius 3 is 2.33 bits per heavy atom. The second kappa shape index (κ2) is 9.01. The van der Waals surface area contributed by atoms with E-state index in [0.717, 1.165) is 36.9 Å². The highest BCUT2D eigenvalue weighted by Crippen LogP contribution is 2.19. The molecule has 0 bridgehead atoms.